The lowest BCUT2D eigenvalue weighted by molar-refractivity contribution is 0.600. The summed E-state index contributed by atoms with van der Waals surface area (Å²) in [7, 11) is 1.87. The van der Waals surface area contributed by atoms with Crippen molar-refractivity contribution in [3.8, 4) is 11.4 Å². The molecule has 3 aromatic heterocycles. The van der Waals surface area contributed by atoms with Crippen molar-refractivity contribution in [3.05, 3.63) is 66.4 Å². The molecule has 1 aromatic carbocycles. The van der Waals surface area contributed by atoms with Gasteiger partial charge < -0.3 is 9.13 Å². The molecule has 0 aliphatic carbocycles. The lowest BCUT2D eigenvalue weighted by Gasteiger charge is -2.09. The Morgan fingerprint density at radius 1 is 1.08 bits per heavy atom. The number of hydrogen-bond acceptors (Lipinski definition) is 3. The van der Waals surface area contributed by atoms with Gasteiger partial charge in [0, 0.05) is 25.6 Å². The van der Waals surface area contributed by atoms with Crippen LogP contribution in [0.2, 0.25) is 0 Å². The first kappa shape index (κ1) is 14.5. The van der Waals surface area contributed by atoms with Crippen molar-refractivity contribution in [2.45, 2.75) is 6.54 Å². The van der Waals surface area contributed by atoms with E-state index in [1.165, 1.54) is 0 Å². The van der Waals surface area contributed by atoms with Crippen molar-refractivity contribution in [3.63, 3.8) is 0 Å². The van der Waals surface area contributed by atoms with Crippen LogP contribution in [0, 0.1) is 11.6 Å². The molecule has 0 aliphatic heterocycles. The number of benzene rings is 1. The van der Waals surface area contributed by atoms with Gasteiger partial charge in [0.05, 0.1) is 12.1 Å². The van der Waals surface area contributed by atoms with Gasteiger partial charge in [0.1, 0.15) is 28.8 Å². The van der Waals surface area contributed by atoms with Crippen LogP contribution in [0.1, 0.15) is 5.82 Å². The van der Waals surface area contributed by atoms with Gasteiger partial charge in [-0.3, -0.25) is 0 Å². The Bertz CT molecular complexity index is 1030. The highest BCUT2D eigenvalue weighted by Gasteiger charge is 2.15. The Hall–Kier alpha value is -3.09. The number of fused-ring (bicyclic) bond motifs is 1. The van der Waals surface area contributed by atoms with Crippen LogP contribution in [0.4, 0.5) is 8.78 Å². The first-order valence-electron chi connectivity index (χ1n) is 7.36. The maximum absolute atomic E-state index is 14.0. The van der Waals surface area contributed by atoms with Gasteiger partial charge in [-0.25, -0.2) is 23.7 Å². The van der Waals surface area contributed by atoms with Crippen LogP contribution in [0.5, 0.6) is 0 Å². The van der Waals surface area contributed by atoms with Crippen LogP contribution in [-0.2, 0) is 13.6 Å². The van der Waals surface area contributed by atoms with Crippen LogP contribution >= 0.6 is 0 Å². The van der Waals surface area contributed by atoms with Gasteiger partial charge in [0.15, 0.2) is 5.65 Å². The number of aryl methyl sites for hydroxylation is 1. The molecular formula is C17H13F2N5. The molecule has 0 saturated heterocycles. The summed E-state index contributed by atoms with van der Waals surface area (Å²) in [5.74, 6) is 0.0789. The highest BCUT2D eigenvalue weighted by Crippen LogP contribution is 2.23. The molecule has 0 spiro atoms. The fourth-order valence-corrected chi connectivity index (χ4v) is 2.71. The minimum atomic E-state index is -0.518. The molecule has 5 nitrogen and oxygen atoms in total. The van der Waals surface area contributed by atoms with Crippen molar-refractivity contribution < 1.29 is 8.78 Å². The molecule has 4 aromatic rings. The standard InChI is InChI=1S/C17H13F2N5/c1-23-15(22-14-3-2-6-20-17(14)23)10-24-8-7-21-16(24)12-9-11(18)4-5-13(12)19/h2-9H,10H2,1H3. The Morgan fingerprint density at radius 3 is 2.79 bits per heavy atom. The first-order chi connectivity index (χ1) is 11.6. The van der Waals surface area contributed by atoms with E-state index in [1.807, 2.05) is 23.7 Å². The van der Waals surface area contributed by atoms with Crippen LogP contribution in [0.3, 0.4) is 0 Å². The Kier molecular flexibility index (Phi) is 3.34. The second kappa shape index (κ2) is 5.52. The number of pyridine rings is 1. The fraction of sp³-hybridized carbons (Fsp3) is 0.118. The Balaban J connectivity index is 1.77. The summed E-state index contributed by atoms with van der Waals surface area (Å²) >= 11 is 0. The summed E-state index contributed by atoms with van der Waals surface area (Å²) in [4.78, 5) is 13.0. The maximum Gasteiger partial charge on any atom is 0.159 e. The zero-order valence-electron chi connectivity index (χ0n) is 12.8. The minimum Gasteiger partial charge on any atom is -0.323 e. The highest BCUT2D eigenvalue weighted by molar-refractivity contribution is 5.71. The van der Waals surface area contributed by atoms with Crippen LogP contribution < -0.4 is 0 Å². The van der Waals surface area contributed by atoms with E-state index >= 15 is 0 Å². The third-order valence-electron chi connectivity index (χ3n) is 3.92. The molecule has 0 bridgehead atoms. The molecule has 0 N–H and O–H groups in total. The molecule has 0 amide bonds. The van der Waals surface area contributed by atoms with Crippen LogP contribution in [-0.4, -0.2) is 24.1 Å². The zero-order valence-corrected chi connectivity index (χ0v) is 12.8. The lowest BCUT2D eigenvalue weighted by atomic mass is 10.2. The average Bonchev–Trinajstić information content (AvgIpc) is 3.16. The average molecular weight is 325 g/mol. The molecule has 0 saturated carbocycles. The Labute approximate surface area is 136 Å². The molecule has 0 radical (unpaired) electrons. The van der Waals surface area contributed by atoms with Gasteiger partial charge in [-0.2, -0.15) is 0 Å². The molecule has 7 heteroatoms. The molecule has 3 heterocycles. The summed E-state index contributed by atoms with van der Waals surface area (Å²) in [5.41, 5.74) is 1.68. The summed E-state index contributed by atoms with van der Waals surface area (Å²) in [6.07, 6.45) is 4.98. The largest absolute Gasteiger partial charge is 0.323 e. The predicted octanol–water partition coefficient (Wildman–Crippen LogP) is 3.16. The van der Waals surface area contributed by atoms with E-state index in [2.05, 4.69) is 15.0 Å². The van der Waals surface area contributed by atoms with Crippen molar-refractivity contribution >= 4 is 11.2 Å². The molecule has 0 fully saturated rings. The smallest absolute Gasteiger partial charge is 0.159 e. The van der Waals surface area contributed by atoms with E-state index in [9.17, 15) is 8.78 Å². The van der Waals surface area contributed by atoms with E-state index < -0.39 is 11.6 Å². The molecule has 0 unspecified atom stereocenters. The van der Waals surface area contributed by atoms with Gasteiger partial charge >= 0.3 is 0 Å². The topological polar surface area (TPSA) is 48.5 Å². The molecule has 0 aliphatic rings. The number of hydrogen-bond donors (Lipinski definition) is 0. The molecule has 4 rings (SSSR count). The zero-order chi connectivity index (χ0) is 16.7. The van der Waals surface area contributed by atoms with Gasteiger partial charge in [0.25, 0.3) is 0 Å². The molecule has 24 heavy (non-hydrogen) atoms. The number of rotatable bonds is 3. The highest BCUT2D eigenvalue weighted by atomic mass is 19.1. The van der Waals surface area contributed by atoms with Crippen molar-refractivity contribution in [1.29, 1.82) is 0 Å². The number of imidazole rings is 2. The predicted molar refractivity (Wildman–Crippen MR) is 85.2 cm³/mol. The van der Waals surface area contributed by atoms with E-state index in [4.69, 9.17) is 0 Å². The lowest BCUT2D eigenvalue weighted by Crippen LogP contribution is -2.07. The van der Waals surface area contributed by atoms with E-state index in [0.29, 0.717) is 12.4 Å². The number of nitrogens with zero attached hydrogens (tertiary/aromatic N) is 5. The normalized spacial score (nSPS) is 11.3. The monoisotopic (exact) mass is 325 g/mol. The molecule has 0 atom stereocenters. The van der Waals surface area contributed by atoms with E-state index in [-0.39, 0.29) is 5.56 Å². The Morgan fingerprint density at radius 2 is 1.96 bits per heavy atom. The summed E-state index contributed by atoms with van der Waals surface area (Å²) in [6.45, 7) is 0.373. The van der Waals surface area contributed by atoms with E-state index in [0.717, 1.165) is 35.2 Å². The van der Waals surface area contributed by atoms with Gasteiger partial charge in [-0.15, -0.1) is 0 Å². The summed E-state index contributed by atoms with van der Waals surface area (Å²) < 4.78 is 31.1. The maximum atomic E-state index is 14.0. The van der Waals surface area contributed by atoms with Crippen molar-refractivity contribution in [2.75, 3.05) is 0 Å². The first-order valence-corrected chi connectivity index (χ1v) is 7.36. The van der Waals surface area contributed by atoms with E-state index in [1.54, 1.807) is 23.2 Å². The van der Waals surface area contributed by atoms with Crippen molar-refractivity contribution in [1.82, 2.24) is 24.1 Å². The minimum absolute atomic E-state index is 0.122. The number of aromatic nitrogens is 5. The van der Waals surface area contributed by atoms with Gasteiger partial charge in [0.2, 0.25) is 0 Å². The van der Waals surface area contributed by atoms with Crippen LogP contribution in [0.25, 0.3) is 22.6 Å². The SMILES string of the molecule is Cn1c(Cn2ccnc2-c2cc(F)ccc2F)nc2cccnc21. The van der Waals surface area contributed by atoms with Gasteiger partial charge in [-0.1, -0.05) is 0 Å². The summed E-state index contributed by atoms with van der Waals surface area (Å²) in [6, 6.07) is 7.04. The summed E-state index contributed by atoms with van der Waals surface area (Å²) in [5, 5.41) is 0. The number of halogens is 2. The van der Waals surface area contributed by atoms with Gasteiger partial charge in [-0.05, 0) is 30.3 Å². The quantitative estimate of drug-likeness (QED) is 0.581. The second-order valence-corrected chi connectivity index (χ2v) is 5.44. The van der Waals surface area contributed by atoms with Crippen molar-refractivity contribution in [2.24, 2.45) is 7.05 Å². The second-order valence-electron chi connectivity index (χ2n) is 5.44. The molecule has 120 valence electrons. The third kappa shape index (κ3) is 2.34. The fourth-order valence-electron chi connectivity index (χ4n) is 2.71. The van der Waals surface area contributed by atoms with Crippen LogP contribution in [0.15, 0.2) is 48.9 Å². The molecular weight excluding hydrogens is 312 g/mol. The third-order valence-corrected chi connectivity index (χ3v) is 3.92.